The Morgan fingerprint density at radius 3 is 2.58 bits per heavy atom. The predicted octanol–water partition coefficient (Wildman–Crippen LogP) is 2.31. The number of aliphatic hydroxyl groups is 2. The molecular weight excluding hydrogens is 466 g/mol. The van der Waals surface area contributed by atoms with E-state index in [2.05, 4.69) is 18.3 Å². The molecule has 3 N–H and O–H groups in total. The normalized spacial score (nSPS) is 39.9. The van der Waals surface area contributed by atoms with E-state index in [0.29, 0.717) is 13.0 Å². The molecule has 3 aliphatic rings. The third kappa shape index (κ3) is 7.73. The number of esters is 1. The van der Waals surface area contributed by atoms with Gasteiger partial charge in [0.25, 0.3) is 0 Å². The lowest BCUT2D eigenvalue weighted by atomic mass is 9.87. The lowest BCUT2D eigenvalue weighted by Crippen LogP contribution is -2.54. The molecule has 9 atom stereocenters. The fraction of sp³-hybridized carbons (Fsp3) is 0.704. The fourth-order valence-electron chi connectivity index (χ4n) is 4.95. The summed E-state index contributed by atoms with van der Waals surface area (Å²) in [7, 11) is 0. The van der Waals surface area contributed by atoms with Crippen LogP contribution in [0.25, 0.3) is 0 Å². The first-order valence-electron chi connectivity index (χ1n) is 12.7. The van der Waals surface area contributed by atoms with E-state index in [1.54, 1.807) is 26.0 Å². The minimum atomic E-state index is -1.34. The maximum Gasteiger partial charge on any atom is 0.303 e. The van der Waals surface area contributed by atoms with Gasteiger partial charge in [-0.1, -0.05) is 30.7 Å². The molecule has 3 aliphatic heterocycles. The predicted molar refractivity (Wildman–Crippen MR) is 133 cm³/mol. The highest BCUT2D eigenvalue weighted by atomic mass is 16.7. The summed E-state index contributed by atoms with van der Waals surface area (Å²) in [6.07, 6.45) is 8.33. The fourth-order valence-corrected chi connectivity index (χ4v) is 4.95. The van der Waals surface area contributed by atoms with E-state index in [0.717, 1.165) is 12.0 Å². The highest BCUT2D eigenvalue weighted by Crippen LogP contribution is 2.45. The van der Waals surface area contributed by atoms with Crippen LogP contribution in [0, 0.1) is 5.92 Å². The first-order valence-corrected chi connectivity index (χ1v) is 12.7. The molecule has 0 bridgehead atoms. The number of carbonyl (C=O) groups excluding carboxylic acids is 2. The number of epoxide rings is 1. The van der Waals surface area contributed by atoms with Gasteiger partial charge < -0.3 is 34.5 Å². The second kappa shape index (κ2) is 11.6. The molecule has 0 aliphatic carbocycles. The molecular formula is C27H41NO8. The third-order valence-electron chi connectivity index (χ3n) is 7.02. The summed E-state index contributed by atoms with van der Waals surface area (Å²) in [4.78, 5) is 23.3. The van der Waals surface area contributed by atoms with Crippen LogP contribution in [0.5, 0.6) is 0 Å². The van der Waals surface area contributed by atoms with Gasteiger partial charge in [-0.3, -0.25) is 9.59 Å². The standard InChI is InChI=1S/C27H41NO8/c1-16(8-11-23-25(31)27(15-33-27)14-26(6,32)36-23)7-10-22-17(2)13-21(19(4)35-22)28-24(30)12-9-18(3)34-20(5)29/h7-9,11-12,17-19,21-23,25,31-32H,10,13-15H2,1-6H3,(H,28,30)/b11-8+,12-9-,16-7+/t17?,18?,19?,21-,22-,23+,25?,26-,27-/m0/s1. The number of rotatable bonds is 8. The van der Waals surface area contributed by atoms with E-state index in [9.17, 15) is 19.8 Å². The van der Waals surface area contributed by atoms with Gasteiger partial charge in [0.15, 0.2) is 5.79 Å². The van der Waals surface area contributed by atoms with Gasteiger partial charge in [-0.15, -0.1) is 0 Å². The Balaban J connectivity index is 1.49. The second-order valence-corrected chi connectivity index (χ2v) is 10.7. The quantitative estimate of drug-likeness (QED) is 0.198. The van der Waals surface area contributed by atoms with Gasteiger partial charge >= 0.3 is 5.97 Å². The molecule has 4 unspecified atom stereocenters. The van der Waals surface area contributed by atoms with E-state index in [-0.39, 0.29) is 36.5 Å². The van der Waals surface area contributed by atoms with Crippen LogP contribution < -0.4 is 5.32 Å². The lowest BCUT2D eigenvalue weighted by Gasteiger charge is -2.40. The Kier molecular flexibility index (Phi) is 9.16. The van der Waals surface area contributed by atoms with E-state index in [4.69, 9.17) is 18.9 Å². The number of hydrogen-bond acceptors (Lipinski definition) is 8. The zero-order valence-electron chi connectivity index (χ0n) is 22.1. The van der Waals surface area contributed by atoms with Crippen LogP contribution in [0.1, 0.15) is 60.8 Å². The summed E-state index contributed by atoms with van der Waals surface area (Å²) in [5.41, 5.74) is 0.283. The SMILES string of the molecule is CC(=O)OC(C)/C=C\C(=O)N[C@H]1CC(C)[C@H](C/C=C(C)/C=C/[C@H]2O[C@](C)(O)C[C@]3(CO3)C2O)OC1C. The number of amides is 1. The molecule has 9 heteroatoms. The van der Waals surface area contributed by atoms with Gasteiger partial charge in [-0.25, -0.2) is 0 Å². The van der Waals surface area contributed by atoms with Gasteiger partial charge in [-0.05, 0) is 52.5 Å². The lowest BCUT2D eigenvalue weighted by molar-refractivity contribution is -0.272. The van der Waals surface area contributed by atoms with E-state index in [1.165, 1.54) is 13.0 Å². The van der Waals surface area contributed by atoms with Gasteiger partial charge in [0.2, 0.25) is 5.91 Å². The van der Waals surface area contributed by atoms with Crippen molar-refractivity contribution in [1.82, 2.24) is 5.32 Å². The number of ether oxygens (including phenoxy) is 4. The van der Waals surface area contributed by atoms with Crippen LogP contribution in [0.3, 0.4) is 0 Å². The monoisotopic (exact) mass is 507 g/mol. The van der Waals surface area contributed by atoms with Crippen LogP contribution in [-0.2, 0) is 28.5 Å². The van der Waals surface area contributed by atoms with Crippen molar-refractivity contribution in [2.45, 2.75) is 109 Å². The average Bonchev–Trinajstić information content (AvgIpc) is 3.54. The Bertz CT molecular complexity index is 890. The van der Waals surface area contributed by atoms with Gasteiger partial charge in [0.1, 0.15) is 23.9 Å². The van der Waals surface area contributed by atoms with E-state index >= 15 is 0 Å². The van der Waals surface area contributed by atoms with Gasteiger partial charge in [0, 0.05) is 19.4 Å². The summed E-state index contributed by atoms with van der Waals surface area (Å²) >= 11 is 0. The molecule has 36 heavy (non-hydrogen) atoms. The van der Waals surface area contributed by atoms with Crippen molar-refractivity contribution in [2.75, 3.05) is 6.61 Å². The van der Waals surface area contributed by atoms with Crippen molar-refractivity contribution in [1.29, 1.82) is 0 Å². The molecule has 1 amide bonds. The van der Waals surface area contributed by atoms with Crippen LogP contribution in [-0.4, -0.2) is 76.6 Å². The number of nitrogens with one attached hydrogen (secondary N) is 1. The van der Waals surface area contributed by atoms with Crippen molar-refractivity contribution in [3.8, 4) is 0 Å². The maximum atomic E-state index is 12.3. The topological polar surface area (TPSA) is 127 Å². The molecule has 0 saturated carbocycles. The van der Waals surface area contributed by atoms with Crippen molar-refractivity contribution >= 4 is 11.9 Å². The Hall–Kier alpha value is -2.04. The summed E-state index contributed by atoms with van der Waals surface area (Å²) in [5.74, 6) is -1.75. The Labute approximate surface area is 213 Å². The summed E-state index contributed by atoms with van der Waals surface area (Å²) in [6, 6.07) is -0.114. The molecule has 3 saturated heterocycles. The zero-order chi connectivity index (χ0) is 26.7. The van der Waals surface area contributed by atoms with Crippen molar-refractivity contribution in [3.05, 3.63) is 36.0 Å². The van der Waals surface area contributed by atoms with Crippen molar-refractivity contribution < 1.29 is 38.7 Å². The van der Waals surface area contributed by atoms with Crippen molar-refractivity contribution in [2.24, 2.45) is 5.92 Å². The summed E-state index contributed by atoms with van der Waals surface area (Å²) < 4.78 is 22.3. The smallest absolute Gasteiger partial charge is 0.303 e. The highest BCUT2D eigenvalue weighted by Gasteiger charge is 2.61. The first kappa shape index (κ1) is 28.5. The minimum absolute atomic E-state index is 0.0106. The third-order valence-corrected chi connectivity index (χ3v) is 7.02. The van der Waals surface area contributed by atoms with Gasteiger partial charge in [0.05, 0.1) is 24.9 Å². The summed E-state index contributed by atoms with van der Waals surface area (Å²) in [5, 5.41) is 23.9. The molecule has 3 fully saturated rings. The highest BCUT2D eigenvalue weighted by molar-refractivity contribution is 5.87. The molecule has 9 nitrogen and oxygen atoms in total. The van der Waals surface area contributed by atoms with Crippen LogP contribution in [0.4, 0.5) is 0 Å². The van der Waals surface area contributed by atoms with E-state index in [1.807, 2.05) is 19.9 Å². The maximum absolute atomic E-state index is 12.3. The van der Waals surface area contributed by atoms with Gasteiger partial charge in [-0.2, -0.15) is 0 Å². The molecule has 3 heterocycles. The zero-order valence-corrected chi connectivity index (χ0v) is 22.1. The summed E-state index contributed by atoms with van der Waals surface area (Å²) in [6.45, 7) is 11.1. The van der Waals surface area contributed by atoms with Crippen LogP contribution in [0.15, 0.2) is 36.0 Å². The Morgan fingerprint density at radius 1 is 1.25 bits per heavy atom. The number of hydrogen-bond donors (Lipinski definition) is 3. The number of allylic oxidation sites excluding steroid dienone is 2. The van der Waals surface area contributed by atoms with Crippen molar-refractivity contribution in [3.63, 3.8) is 0 Å². The molecule has 0 aromatic carbocycles. The minimum Gasteiger partial charge on any atom is -0.459 e. The first-order chi connectivity index (χ1) is 16.8. The van der Waals surface area contributed by atoms with Crippen LogP contribution in [0.2, 0.25) is 0 Å². The molecule has 1 spiro atoms. The molecule has 0 radical (unpaired) electrons. The number of carbonyl (C=O) groups is 2. The Morgan fingerprint density at radius 2 is 1.94 bits per heavy atom. The second-order valence-electron chi connectivity index (χ2n) is 10.7. The van der Waals surface area contributed by atoms with E-state index < -0.39 is 35.7 Å². The molecule has 202 valence electrons. The van der Waals surface area contributed by atoms with Crippen LogP contribution >= 0.6 is 0 Å². The average molecular weight is 508 g/mol. The number of aliphatic hydroxyl groups excluding tert-OH is 1. The molecule has 0 aromatic rings. The molecule has 0 aromatic heterocycles. The largest absolute Gasteiger partial charge is 0.459 e. The molecule has 3 rings (SSSR count).